The highest BCUT2D eigenvalue weighted by Crippen LogP contribution is 2.31. The second-order valence-corrected chi connectivity index (χ2v) is 9.85. The van der Waals surface area contributed by atoms with Gasteiger partial charge in [0.15, 0.2) is 0 Å². The highest BCUT2D eigenvalue weighted by Gasteiger charge is 2.32. The van der Waals surface area contributed by atoms with E-state index in [2.05, 4.69) is 12.2 Å². The molecule has 28 heavy (non-hydrogen) atoms. The number of nitrogens with one attached hydrogen (secondary N) is 1. The minimum Gasteiger partial charge on any atom is -0.550 e. The molecule has 2 aliphatic rings. The third-order valence-electron chi connectivity index (χ3n) is 5.91. The van der Waals surface area contributed by atoms with Gasteiger partial charge in [-0.25, -0.2) is 8.42 Å². The van der Waals surface area contributed by atoms with Crippen molar-refractivity contribution in [3.63, 3.8) is 0 Å². The third-order valence-corrected chi connectivity index (χ3v) is 7.82. The zero-order chi connectivity index (χ0) is 20.3. The summed E-state index contributed by atoms with van der Waals surface area (Å²) in [6.45, 7) is 3.17. The number of carboxylic acids is 1. The Morgan fingerprint density at radius 2 is 1.57 bits per heavy atom. The van der Waals surface area contributed by atoms with Gasteiger partial charge in [0.05, 0.1) is 4.90 Å². The molecule has 1 saturated carbocycles. The van der Waals surface area contributed by atoms with Crippen molar-refractivity contribution in [2.24, 2.45) is 17.8 Å². The smallest absolute Gasteiger partial charge is 0.243 e. The van der Waals surface area contributed by atoms with Crippen LogP contribution in [0.1, 0.15) is 45.4 Å². The van der Waals surface area contributed by atoms with Crippen LogP contribution in [0.25, 0.3) is 0 Å². The maximum absolute atomic E-state index is 12.8. The van der Waals surface area contributed by atoms with E-state index in [1.807, 2.05) is 0 Å². The molecule has 154 valence electrons. The number of aliphatic carboxylic acids is 1. The maximum atomic E-state index is 12.8. The second-order valence-electron chi connectivity index (χ2n) is 7.92. The SMILES string of the molecule is CC1CCN(S(=O)(=O)c2ccc(NC(=O)[C@@H]3CCCC[C@@H]3C(=O)[O-])cc2)CC1. The van der Waals surface area contributed by atoms with Crippen LogP contribution in [0.5, 0.6) is 0 Å². The Morgan fingerprint density at radius 1 is 1.00 bits per heavy atom. The largest absolute Gasteiger partial charge is 0.550 e. The molecule has 0 aromatic heterocycles. The molecule has 7 nitrogen and oxygen atoms in total. The third kappa shape index (κ3) is 4.55. The Bertz CT molecular complexity index is 814. The molecule has 1 aliphatic carbocycles. The van der Waals surface area contributed by atoms with Crippen molar-refractivity contribution in [3.05, 3.63) is 24.3 Å². The summed E-state index contributed by atoms with van der Waals surface area (Å²) in [7, 11) is -3.54. The van der Waals surface area contributed by atoms with Crippen molar-refractivity contribution in [2.75, 3.05) is 18.4 Å². The van der Waals surface area contributed by atoms with Crippen molar-refractivity contribution in [1.29, 1.82) is 0 Å². The molecule has 2 atom stereocenters. The minimum atomic E-state index is -3.54. The van der Waals surface area contributed by atoms with Gasteiger partial charge in [0, 0.05) is 36.6 Å². The van der Waals surface area contributed by atoms with E-state index in [-0.39, 0.29) is 10.8 Å². The molecule has 1 aromatic carbocycles. The zero-order valence-electron chi connectivity index (χ0n) is 16.1. The molecule has 3 rings (SSSR count). The molecular formula is C20H27N2O5S-. The number of benzene rings is 1. The number of carbonyl (C=O) groups is 2. The molecule has 1 saturated heterocycles. The molecule has 1 heterocycles. The summed E-state index contributed by atoms with van der Waals surface area (Å²) in [5.74, 6) is -2.38. The standard InChI is InChI=1S/C20H28N2O5S/c1-14-10-12-22(13-11-14)28(26,27)16-8-6-15(7-9-16)21-19(23)17-4-2-3-5-18(17)20(24)25/h6-9,14,17-18H,2-5,10-13H2,1H3,(H,21,23)(H,24,25)/p-1/t17-,18+/m1/s1. The predicted octanol–water partition coefficient (Wildman–Crippen LogP) is 1.60. The van der Waals surface area contributed by atoms with Crippen molar-refractivity contribution in [1.82, 2.24) is 4.31 Å². The summed E-state index contributed by atoms with van der Waals surface area (Å²) in [5.41, 5.74) is 0.457. The summed E-state index contributed by atoms with van der Waals surface area (Å²) in [4.78, 5) is 24.0. The second kappa shape index (κ2) is 8.61. The Hall–Kier alpha value is -1.93. The van der Waals surface area contributed by atoms with Crippen LogP contribution < -0.4 is 10.4 Å². The van der Waals surface area contributed by atoms with Crippen molar-refractivity contribution < 1.29 is 23.1 Å². The lowest BCUT2D eigenvalue weighted by Gasteiger charge is -2.31. The Morgan fingerprint density at radius 3 is 2.14 bits per heavy atom. The van der Waals surface area contributed by atoms with Crippen LogP contribution >= 0.6 is 0 Å². The predicted molar refractivity (Wildman–Crippen MR) is 103 cm³/mol. The van der Waals surface area contributed by atoms with Crippen LogP contribution in [-0.4, -0.2) is 37.7 Å². The molecule has 8 heteroatoms. The van der Waals surface area contributed by atoms with Crippen molar-refractivity contribution in [2.45, 2.75) is 50.3 Å². The number of hydrogen-bond donors (Lipinski definition) is 1. The molecule has 1 aliphatic heterocycles. The molecule has 1 amide bonds. The summed E-state index contributed by atoms with van der Waals surface area (Å²) in [5, 5.41) is 14.0. The monoisotopic (exact) mass is 407 g/mol. The lowest BCUT2D eigenvalue weighted by molar-refractivity contribution is -0.313. The van der Waals surface area contributed by atoms with Crippen molar-refractivity contribution in [3.8, 4) is 0 Å². The van der Waals surface area contributed by atoms with E-state index in [1.54, 1.807) is 12.1 Å². The molecule has 0 unspecified atom stereocenters. The van der Waals surface area contributed by atoms with Gasteiger partial charge in [0.25, 0.3) is 0 Å². The first-order valence-corrected chi connectivity index (χ1v) is 11.3. The quantitative estimate of drug-likeness (QED) is 0.798. The van der Waals surface area contributed by atoms with Crippen LogP contribution in [0.3, 0.4) is 0 Å². The molecule has 1 N–H and O–H groups in total. The molecular weight excluding hydrogens is 380 g/mol. The topological polar surface area (TPSA) is 107 Å². The number of anilines is 1. The van der Waals surface area contributed by atoms with Gasteiger partial charge in [-0.1, -0.05) is 19.8 Å². The minimum absolute atomic E-state index is 0.199. The molecule has 1 aromatic rings. The van der Waals surface area contributed by atoms with Gasteiger partial charge in [0.1, 0.15) is 0 Å². The number of rotatable bonds is 5. The van der Waals surface area contributed by atoms with Crippen LogP contribution in [0.15, 0.2) is 29.2 Å². The number of carboxylic acid groups (broad SMARTS) is 1. The molecule has 0 spiro atoms. The van der Waals surface area contributed by atoms with Gasteiger partial charge in [-0.05, 0) is 55.9 Å². The normalized spacial score (nSPS) is 24.6. The van der Waals surface area contributed by atoms with Crippen LogP contribution in [0.4, 0.5) is 5.69 Å². The van der Waals surface area contributed by atoms with E-state index in [4.69, 9.17) is 0 Å². The summed E-state index contributed by atoms with van der Waals surface area (Å²) >= 11 is 0. The Labute approximate surface area is 166 Å². The number of sulfonamides is 1. The molecule has 0 radical (unpaired) electrons. The van der Waals surface area contributed by atoms with Gasteiger partial charge >= 0.3 is 0 Å². The van der Waals surface area contributed by atoms with Gasteiger partial charge < -0.3 is 15.2 Å². The van der Waals surface area contributed by atoms with E-state index in [1.165, 1.54) is 16.4 Å². The average Bonchev–Trinajstić information content (AvgIpc) is 2.68. The first kappa shape index (κ1) is 20.8. The highest BCUT2D eigenvalue weighted by molar-refractivity contribution is 7.89. The fourth-order valence-electron chi connectivity index (χ4n) is 4.05. The summed E-state index contributed by atoms with van der Waals surface area (Å²) in [6.07, 6.45) is 4.27. The number of carbonyl (C=O) groups excluding carboxylic acids is 2. The maximum Gasteiger partial charge on any atom is 0.243 e. The Kier molecular flexibility index (Phi) is 6.40. The number of hydrogen-bond acceptors (Lipinski definition) is 5. The fourth-order valence-corrected chi connectivity index (χ4v) is 5.52. The van der Waals surface area contributed by atoms with E-state index in [0.717, 1.165) is 25.7 Å². The van der Waals surface area contributed by atoms with E-state index >= 15 is 0 Å². The van der Waals surface area contributed by atoms with Crippen LogP contribution in [0.2, 0.25) is 0 Å². The number of amides is 1. The van der Waals surface area contributed by atoms with E-state index in [9.17, 15) is 23.1 Å². The van der Waals surface area contributed by atoms with Crippen molar-refractivity contribution >= 4 is 27.6 Å². The number of nitrogens with zero attached hydrogens (tertiary/aromatic N) is 1. The van der Waals surface area contributed by atoms with Gasteiger partial charge in [0.2, 0.25) is 15.9 Å². The lowest BCUT2D eigenvalue weighted by Crippen LogP contribution is -2.42. The van der Waals surface area contributed by atoms with E-state index < -0.39 is 27.8 Å². The lowest BCUT2D eigenvalue weighted by atomic mass is 9.78. The summed E-state index contributed by atoms with van der Waals surface area (Å²) < 4.78 is 27.0. The first-order valence-electron chi connectivity index (χ1n) is 9.91. The molecule has 2 fully saturated rings. The summed E-state index contributed by atoms with van der Waals surface area (Å²) in [6, 6.07) is 6.07. The first-order chi connectivity index (χ1) is 13.3. The van der Waals surface area contributed by atoms with Crippen LogP contribution in [0, 0.1) is 17.8 Å². The van der Waals surface area contributed by atoms with Gasteiger partial charge in [-0.2, -0.15) is 4.31 Å². The highest BCUT2D eigenvalue weighted by atomic mass is 32.2. The van der Waals surface area contributed by atoms with Gasteiger partial charge in [-0.3, -0.25) is 4.79 Å². The molecule has 0 bridgehead atoms. The van der Waals surface area contributed by atoms with Gasteiger partial charge in [-0.15, -0.1) is 0 Å². The zero-order valence-corrected chi connectivity index (χ0v) is 16.9. The Balaban J connectivity index is 1.67. The number of piperidine rings is 1. The fraction of sp³-hybridized carbons (Fsp3) is 0.600. The van der Waals surface area contributed by atoms with E-state index in [0.29, 0.717) is 37.5 Å². The average molecular weight is 408 g/mol. The van der Waals surface area contributed by atoms with Crippen LogP contribution in [-0.2, 0) is 19.6 Å².